The summed E-state index contributed by atoms with van der Waals surface area (Å²) in [6, 6.07) is 13.2. The third kappa shape index (κ3) is 3.67. The van der Waals surface area contributed by atoms with E-state index in [0.29, 0.717) is 5.89 Å². The lowest BCUT2D eigenvalue weighted by Gasteiger charge is -1.96. The number of nitrogens with zero attached hydrogens (tertiary/aromatic N) is 2. The fourth-order valence-corrected chi connectivity index (χ4v) is 2.34. The molecule has 0 bridgehead atoms. The zero-order valence-corrected chi connectivity index (χ0v) is 12.3. The Morgan fingerprint density at radius 3 is 2.82 bits per heavy atom. The normalized spacial score (nSPS) is 10.9. The van der Waals surface area contributed by atoms with Crippen LogP contribution in [-0.2, 0) is 16.1 Å². The fourth-order valence-electron chi connectivity index (χ4n) is 1.73. The summed E-state index contributed by atoms with van der Waals surface area (Å²) in [6.45, 7) is -0.0482. The second kappa shape index (κ2) is 6.82. The number of thiophene rings is 1. The summed E-state index contributed by atoms with van der Waals surface area (Å²) in [5.41, 5.74) is 0.824. The molecule has 1 aromatic carbocycles. The Morgan fingerprint density at radius 1 is 1.18 bits per heavy atom. The van der Waals surface area contributed by atoms with Gasteiger partial charge >= 0.3 is 5.97 Å². The third-order valence-electron chi connectivity index (χ3n) is 2.75. The molecule has 2 aromatic heterocycles. The van der Waals surface area contributed by atoms with Crippen molar-refractivity contribution < 1.29 is 13.9 Å². The van der Waals surface area contributed by atoms with Gasteiger partial charge < -0.3 is 9.15 Å². The minimum absolute atomic E-state index is 0.0482. The molecule has 110 valence electrons. The van der Waals surface area contributed by atoms with Gasteiger partial charge in [0.1, 0.15) is 0 Å². The summed E-state index contributed by atoms with van der Waals surface area (Å²) in [4.78, 5) is 12.6. The lowest BCUT2D eigenvalue weighted by Crippen LogP contribution is -2.00. The lowest BCUT2D eigenvalue weighted by atomic mass is 10.2. The Labute approximate surface area is 130 Å². The van der Waals surface area contributed by atoms with Crippen LogP contribution in [0.4, 0.5) is 0 Å². The van der Waals surface area contributed by atoms with Crippen molar-refractivity contribution in [3.63, 3.8) is 0 Å². The van der Waals surface area contributed by atoms with E-state index in [-0.39, 0.29) is 12.5 Å². The van der Waals surface area contributed by atoms with Gasteiger partial charge in [-0.15, -0.1) is 21.5 Å². The summed E-state index contributed by atoms with van der Waals surface area (Å²) in [7, 11) is 0. The first kappa shape index (κ1) is 14.2. The van der Waals surface area contributed by atoms with Crippen LogP contribution in [0.15, 0.2) is 58.3 Å². The highest BCUT2D eigenvalue weighted by Gasteiger charge is 2.09. The van der Waals surface area contributed by atoms with Gasteiger partial charge in [0.15, 0.2) is 6.61 Å². The Morgan fingerprint density at radius 2 is 2.05 bits per heavy atom. The standard InChI is InChI=1S/C16H12N2O3S/c19-15(9-8-13-7-4-10-22-13)20-11-14-17-18-16(21-14)12-5-2-1-3-6-12/h1-10H,11H2. The van der Waals surface area contributed by atoms with E-state index in [4.69, 9.17) is 9.15 Å². The van der Waals surface area contributed by atoms with Crippen LogP contribution in [0.3, 0.4) is 0 Å². The average Bonchev–Trinajstić information content (AvgIpc) is 3.23. The highest BCUT2D eigenvalue weighted by atomic mass is 32.1. The number of carbonyl (C=O) groups excluding carboxylic acids is 1. The van der Waals surface area contributed by atoms with E-state index in [1.807, 2.05) is 47.8 Å². The molecule has 0 aliphatic carbocycles. The van der Waals surface area contributed by atoms with Crippen LogP contribution in [0.25, 0.3) is 17.5 Å². The maximum absolute atomic E-state index is 11.6. The molecule has 3 aromatic rings. The molecule has 0 fully saturated rings. The van der Waals surface area contributed by atoms with Crippen LogP contribution < -0.4 is 0 Å². The quantitative estimate of drug-likeness (QED) is 0.532. The van der Waals surface area contributed by atoms with Crippen molar-refractivity contribution in [3.05, 3.63) is 64.7 Å². The van der Waals surface area contributed by atoms with Crippen LogP contribution in [0.1, 0.15) is 10.8 Å². The molecule has 0 unspecified atom stereocenters. The van der Waals surface area contributed by atoms with Crippen molar-refractivity contribution in [1.29, 1.82) is 0 Å². The molecule has 0 aliphatic heterocycles. The SMILES string of the molecule is O=C(C=Cc1cccs1)OCc1nnc(-c2ccccc2)o1. The zero-order valence-electron chi connectivity index (χ0n) is 11.5. The molecule has 5 nitrogen and oxygen atoms in total. The van der Waals surface area contributed by atoms with E-state index in [0.717, 1.165) is 10.4 Å². The smallest absolute Gasteiger partial charge is 0.331 e. The number of aromatic nitrogens is 2. The molecule has 0 atom stereocenters. The molecular formula is C16H12N2O3S. The Bertz CT molecular complexity index is 764. The number of rotatable bonds is 5. The van der Waals surface area contributed by atoms with Crippen molar-refractivity contribution in [2.45, 2.75) is 6.61 Å². The number of esters is 1. The molecule has 0 radical (unpaired) electrons. The van der Waals surface area contributed by atoms with Crippen LogP contribution >= 0.6 is 11.3 Å². The number of hydrogen-bond donors (Lipinski definition) is 0. The molecule has 2 heterocycles. The second-order valence-electron chi connectivity index (χ2n) is 4.32. The summed E-state index contributed by atoms with van der Waals surface area (Å²) in [5.74, 6) is 0.213. The first-order valence-corrected chi connectivity index (χ1v) is 7.45. The molecule has 0 amide bonds. The van der Waals surface area contributed by atoms with Crippen LogP contribution in [0, 0.1) is 0 Å². The lowest BCUT2D eigenvalue weighted by molar-refractivity contribution is -0.139. The van der Waals surface area contributed by atoms with Gasteiger partial charge in [-0.2, -0.15) is 0 Å². The van der Waals surface area contributed by atoms with Gasteiger partial charge in [0, 0.05) is 16.5 Å². The molecule has 3 rings (SSSR count). The largest absolute Gasteiger partial charge is 0.452 e. The predicted molar refractivity (Wildman–Crippen MR) is 82.9 cm³/mol. The Hall–Kier alpha value is -2.73. The van der Waals surface area contributed by atoms with Gasteiger partial charge in [0.05, 0.1) is 0 Å². The molecule has 0 saturated heterocycles. The number of benzene rings is 1. The van der Waals surface area contributed by atoms with Gasteiger partial charge in [-0.25, -0.2) is 4.79 Å². The van der Waals surface area contributed by atoms with E-state index < -0.39 is 5.97 Å². The van der Waals surface area contributed by atoms with E-state index in [9.17, 15) is 4.79 Å². The molecule has 6 heteroatoms. The van der Waals surface area contributed by atoms with E-state index in [1.165, 1.54) is 6.08 Å². The minimum Gasteiger partial charge on any atom is -0.452 e. The van der Waals surface area contributed by atoms with Crippen molar-refractivity contribution in [3.8, 4) is 11.5 Å². The van der Waals surface area contributed by atoms with Gasteiger partial charge in [0.25, 0.3) is 5.89 Å². The van der Waals surface area contributed by atoms with E-state index in [1.54, 1.807) is 17.4 Å². The summed E-state index contributed by atoms with van der Waals surface area (Å²) < 4.78 is 10.5. The number of carbonyl (C=O) groups is 1. The molecule has 0 N–H and O–H groups in total. The van der Waals surface area contributed by atoms with Gasteiger partial charge in [-0.3, -0.25) is 0 Å². The molecule has 0 spiro atoms. The van der Waals surface area contributed by atoms with Crippen molar-refractivity contribution in [2.24, 2.45) is 0 Å². The highest BCUT2D eigenvalue weighted by Crippen LogP contribution is 2.17. The van der Waals surface area contributed by atoms with Crippen molar-refractivity contribution >= 4 is 23.4 Å². The summed E-state index contributed by atoms with van der Waals surface area (Å²) >= 11 is 1.54. The maximum Gasteiger partial charge on any atom is 0.331 e. The summed E-state index contributed by atoms with van der Waals surface area (Å²) in [5, 5.41) is 9.72. The topological polar surface area (TPSA) is 65.2 Å². The van der Waals surface area contributed by atoms with Crippen LogP contribution in [0.2, 0.25) is 0 Å². The fraction of sp³-hybridized carbons (Fsp3) is 0.0625. The van der Waals surface area contributed by atoms with E-state index >= 15 is 0 Å². The Kier molecular flexibility index (Phi) is 4.41. The predicted octanol–water partition coefficient (Wildman–Crippen LogP) is 3.55. The van der Waals surface area contributed by atoms with Gasteiger partial charge in [-0.05, 0) is 29.7 Å². The maximum atomic E-state index is 11.6. The summed E-state index contributed by atoms with van der Waals surface area (Å²) in [6.07, 6.45) is 3.08. The van der Waals surface area contributed by atoms with Crippen LogP contribution in [0.5, 0.6) is 0 Å². The Balaban J connectivity index is 1.56. The molecule has 0 aliphatic rings. The first-order valence-electron chi connectivity index (χ1n) is 6.57. The number of hydrogen-bond acceptors (Lipinski definition) is 6. The number of ether oxygens (including phenoxy) is 1. The average molecular weight is 312 g/mol. The first-order chi connectivity index (χ1) is 10.8. The zero-order chi connectivity index (χ0) is 15.2. The molecule has 0 saturated carbocycles. The van der Waals surface area contributed by atoms with E-state index in [2.05, 4.69) is 10.2 Å². The minimum atomic E-state index is -0.451. The van der Waals surface area contributed by atoms with Gasteiger partial charge in [-0.1, -0.05) is 24.3 Å². The molecular weight excluding hydrogens is 300 g/mol. The monoisotopic (exact) mass is 312 g/mol. The van der Waals surface area contributed by atoms with Crippen LogP contribution in [-0.4, -0.2) is 16.2 Å². The van der Waals surface area contributed by atoms with Crippen molar-refractivity contribution in [1.82, 2.24) is 10.2 Å². The molecule has 22 heavy (non-hydrogen) atoms. The van der Waals surface area contributed by atoms with Crippen molar-refractivity contribution in [2.75, 3.05) is 0 Å². The highest BCUT2D eigenvalue weighted by molar-refractivity contribution is 7.10. The van der Waals surface area contributed by atoms with Gasteiger partial charge in [0.2, 0.25) is 5.89 Å². The second-order valence-corrected chi connectivity index (χ2v) is 5.30. The third-order valence-corrected chi connectivity index (χ3v) is 3.59.